The quantitative estimate of drug-likeness (QED) is 0.629. The molecule has 0 fully saturated rings. The first-order valence-electron chi connectivity index (χ1n) is 5.72. The topological polar surface area (TPSA) is 0 Å². The van der Waals surface area contributed by atoms with Crippen molar-refractivity contribution in [2.75, 3.05) is 0 Å². The minimum absolute atomic E-state index is 0.613. The summed E-state index contributed by atoms with van der Waals surface area (Å²) >= 11 is 18.9. The van der Waals surface area contributed by atoms with E-state index in [9.17, 15) is 0 Å². The lowest BCUT2D eigenvalue weighted by Gasteiger charge is -2.11. The zero-order valence-corrected chi connectivity index (χ0v) is 13.5. The minimum atomic E-state index is 0.613. The smallest absolute Gasteiger partial charge is 0.0750 e. The molecule has 0 N–H and O–H groups in total. The van der Waals surface area contributed by atoms with Gasteiger partial charge in [0, 0.05) is 11.1 Å². The third kappa shape index (κ3) is 3.66. The molecule has 4 heteroatoms. The number of hydrogen-bond donors (Lipinski definition) is 2. The van der Waals surface area contributed by atoms with Gasteiger partial charge in [-0.25, -0.2) is 0 Å². The Morgan fingerprint density at radius 3 is 1.47 bits per heavy atom. The Labute approximate surface area is 135 Å². The van der Waals surface area contributed by atoms with E-state index in [0.717, 1.165) is 28.7 Å². The van der Waals surface area contributed by atoms with Crippen molar-refractivity contribution in [2.24, 2.45) is 0 Å². The van der Waals surface area contributed by atoms with Crippen LogP contribution in [0, 0.1) is 0 Å². The van der Waals surface area contributed by atoms with Crippen LogP contribution >= 0.6 is 49.7 Å². The molecule has 0 unspecified atom stereocenters. The standard InChI is InChI=1S/C15H12S4/c16-14(17)12-7-3-1-5-10(12)9-11-6-2-4-8-13(11)15(18)19/h1-8H,9H2,(H,16,17)(H,18,19). The SMILES string of the molecule is S=C(S)c1ccccc1Cc1ccccc1C(=S)S. The molecule has 0 amide bonds. The van der Waals surface area contributed by atoms with Gasteiger partial charge in [-0.15, -0.1) is 25.3 Å². The van der Waals surface area contributed by atoms with Crippen LogP contribution in [0.4, 0.5) is 0 Å². The molecule has 2 rings (SSSR count). The lowest BCUT2D eigenvalue weighted by atomic mass is 9.97. The summed E-state index contributed by atoms with van der Waals surface area (Å²) < 4.78 is 1.23. The molecule has 0 nitrogen and oxygen atoms in total. The van der Waals surface area contributed by atoms with Crippen molar-refractivity contribution >= 4 is 58.1 Å². The summed E-state index contributed by atoms with van der Waals surface area (Å²) in [6, 6.07) is 16.1. The number of rotatable bonds is 4. The van der Waals surface area contributed by atoms with Gasteiger partial charge in [0.15, 0.2) is 0 Å². The van der Waals surface area contributed by atoms with Crippen molar-refractivity contribution in [1.29, 1.82) is 0 Å². The van der Waals surface area contributed by atoms with Gasteiger partial charge in [-0.3, -0.25) is 0 Å². The Kier molecular flexibility index (Phi) is 5.16. The fourth-order valence-corrected chi connectivity index (χ4v) is 2.81. The van der Waals surface area contributed by atoms with Crippen molar-refractivity contribution in [3.05, 3.63) is 70.8 Å². The molecule has 0 atom stereocenters. The van der Waals surface area contributed by atoms with Gasteiger partial charge in [0.25, 0.3) is 0 Å². The van der Waals surface area contributed by atoms with E-state index in [0.29, 0.717) is 8.39 Å². The van der Waals surface area contributed by atoms with Crippen molar-refractivity contribution < 1.29 is 0 Å². The summed E-state index contributed by atoms with van der Waals surface area (Å²) in [6.07, 6.45) is 0.772. The highest BCUT2D eigenvalue weighted by atomic mass is 32.1. The molecular formula is C15H12S4. The van der Waals surface area contributed by atoms with Crippen LogP contribution in [0.25, 0.3) is 0 Å². The van der Waals surface area contributed by atoms with E-state index in [4.69, 9.17) is 24.4 Å². The van der Waals surface area contributed by atoms with E-state index in [1.165, 1.54) is 0 Å². The van der Waals surface area contributed by atoms with Gasteiger partial charge in [-0.05, 0) is 17.5 Å². The molecular weight excluding hydrogens is 308 g/mol. The Hall–Kier alpha value is -0.680. The van der Waals surface area contributed by atoms with Crippen LogP contribution in [-0.2, 0) is 6.42 Å². The van der Waals surface area contributed by atoms with Gasteiger partial charge in [-0.2, -0.15) is 0 Å². The zero-order chi connectivity index (χ0) is 13.8. The molecule has 0 aromatic heterocycles. The number of benzene rings is 2. The van der Waals surface area contributed by atoms with Crippen LogP contribution < -0.4 is 0 Å². The largest absolute Gasteiger partial charge is 0.131 e. The summed E-state index contributed by atoms with van der Waals surface area (Å²) in [5.74, 6) is 0. The lowest BCUT2D eigenvalue weighted by molar-refractivity contribution is 1.18. The first-order chi connectivity index (χ1) is 9.09. The van der Waals surface area contributed by atoms with Crippen LogP contribution in [0.5, 0.6) is 0 Å². The van der Waals surface area contributed by atoms with Crippen LogP contribution in [0.3, 0.4) is 0 Å². The zero-order valence-electron chi connectivity index (χ0n) is 10.0. The first kappa shape index (κ1) is 14.7. The van der Waals surface area contributed by atoms with Gasteiger partial charge >= 0.3 is 0 Å². The van der Waals surface area contributed by atoms with E-state index in [1.54, 1.807) is 0 Å². The summed E-state index contributed by atoms with van der Waals surface area (Å²) in [4.78, 5) is 0. The average molecular weight is 321 g/mol. The molecule has 0 aliphatic carbocycles. The second-order valence-corrected chi connectivity index (χ2v) is 6.42. The van der Waals surface area contributed by atoms with E-state index >= 15 is 0 Å². The summed E-state index contributed by atoms with van der Waals surface area (Å²) in [5.41, 5.74) is 4.31. The highest BCUT2D eigenvalue weighted by Crippen LogP contribution is 2.20. The molecule has 0 aliphatic rings. The molecule has 2 aromatic rings. The number of thiol groups is 2. The van der Waals surface area contributed by atoms with Crippen LogP contribution in [-0.4, -0.2) is 8.39 Å². The Bertz CT molecular complexity index is 576. The summed E-state index contributed by atoms with van der Waals surface area (Å²) in [6.45, 7) is 0. The Balaban J connectivity index is 2.42. The molecule has 0 heterocycles. The predicted molar refractivity (Wildman–Crippen MR) is 97.1 cm³/mol. The molecule has 19 heavy (non-hydrogen) atoms. The Morgan fingerprint density at radius 1 is 0.737 bits per heavy atom. The second-order valence-electron chi connectivity index (χ2n) is 4.10. The van der Waals surface area contributed by atoms with Crippen molar-refractivity contribution in [1.82, 2.24) is 0 Å². The van der Waals surface area contributed by atoms with E-state index in [-0.39, 0.29) is 0 Å². The molecule has 2 aromatic carbocycles. The third-order valence-corrected chi connectivity index (χ3v) is 3.80. The highest BCUT2D eigenvalue weighted by Gasteiger charge is 2.09. The summed E-state index contributed by atoms with van der Waals surface area (Å²) in [7, 11) is 0. The van der Waals surface area contributed by atoms with Crippen LogP contribution in [0.15, 0.2) is 48.5 Å². The van der Waals surface area contributed by atoms with Crippen LogP contribution in [0.2, 0.25) is 0 Å². The van der Waals surface area contributed by atoms with Crippen molar-refractivity contribution in [3.63, 3.8) is 0 Å². The van der Waals surface area contributed by atoms with Gasteiger partial charge in [-0.1, -0.05) is 73.0 Å². The fourth-order valence-electron chi connectivity index (χ4n) is 1.97. The number of hydrogen-bond acceptors (Lipinski definition) is 2. The maximum Gasteiger partial charge on any atom is 0.0750 e. The van der Waals surface area contributed by atoms with E-state index < -0.39 is 0 Å². The maximum absolute atomic E-state index is 5.17. The van der Waals surface area contributed by atoms with Crippen molar-refractivity contribution in [2.45, 2.75) is 6.42 Å². The molecule has 0 saturated heterocycles. The Morgan fingerprint density at radius 2 is 1.11 bits per heavy atom. The number of thiocarbonyl (C=S) groups is 2. The van der Waals surface area contributed by atoms with Gasteiger partial charge in [0.2, 0.25) is 0 Å². The first-order valence-corrected chi connectivity index (χ1v) is 7.43. The van der Waals surface area contributed by atoms with E-state index in [2.05, 4.69) is 37.4 Å². The average Bonchev–Trinajstić information content (AvgIpc) is 2.39. The monoisotopic (exact) mass is 320 g/mol. The molecule has 0 spiro atoms. The van der Waals surface area contributed by atoms with Gasteiger partial charge < -0.3 is 0 Å². The second kappa shape index (κ2) is 6.66. The van der Waals surface area contributed by atoms with E-state index in [1.807, 2.05) is 36.4 Å². The van der Waals surface area contributed by atoms with Crippen molar-refractivity contribution in [3.8, 4) is 0 Å². The third-order valence-electron chi connectivity index (χ3n) is 2.88. The molecule has 0 aliphatic heterocycles. The molecule has 0 bridgehead atoms. The van der Waals surface area contributed by atoms with Gasteiger partial charge in [0.1, 0.15) is 0 Å². The summed E-state index contributed by atoms with van der Waals surface area (Å²) in [5, 5.41) is 0. The molecule has 96 valence electrons. The van der Waals surface area contributed by atoms with Crippen LogP contribution in [0.1, 0.15) is 22.3 Å². The minimum Gasteiger partial charge on any atom is -0.131 e. The van der Waals surface area contributed by atoms with Gasteiger partial charge in [0.05, 0.1) is 8.39 Å². The lowest BCUT2D eigenvalue weighted by Crippen LogP contribution is -2.01. The maximum atomic E-state index is 5.17. The fraction of sp³-hybridized carbons (Fsp3) is 0.0667. The normalized spacial score (nSPS) is 10.2. The molecule has 0 radical (unpaired) electrons. The highest BCUT2D eigenvalue weighted by molar-refractivity contribution is 8.12. The predicted octanol–water partition coefficient (Wildman–Crippen LogP) is 4.49. The molecule has 0 saturated carbocycles.